The maximum Gasteiger partial charge on any atom is 0.325 e. The highest BCUT2D eigenvalue weighted by atomic mass is 32.1. The van der Waals surface area contributed by atoms with E-state index in [9.17, 15) is 14.4 Å². The number of fused-ring (bicyclic) bond motifs is 1. The van der Waals surface area contributed by atoms with Crippen molar-refractivity contribution < 1.29 is 33.3 Å². The van der Waals surface area contributed by atoms with Crippen molar-refractivity contribution in [3.05, 3.63) is 46.2 Å². The number of methoxy groups -OCH3 is 1. The Bertz CT molecular complexity index is 984. The zero-order chi connectivity index (χ0) is 25.0. The van der Waals surface area contributed by atoms with E-state index in [1.54, 1.807) is 30.3 Å². The van der Waals surface area contributed by atoms with Gasteiger partial charge in [-0.15, -0.1) is 11.3 Å². The summed E-state index contributed by atoms with van der Waals surface area (Å²) in [5, 5.41) is 4.49. The summed E-state index contributed by atoms with van der Waals surface area (Å²) in [7, 11) is 1.57. The van der Waals surface area contributed by atoms with Crippen molar-refractivity contribution in [1.82, 2.24) is 15.1 Å². The molecule has 190 valence electrons. The van der Waals surface area contributed by atoms with Gasteiger partial charge in [0.05, 0.1) is 13.2 Å². The number of carbonyl (C=O) groups is 3. The summed E-state index contributed by atoms with van der Waals surface area (Å²) in [5.41, 5.74) is 0.886. The largest absolute Gasteiger partial charge is 0.465 e. The van der Waals surface area contributed by atoms with Crippen molar-refractivity contribution in [3.8, 4) is 11.5 Å². The van der Waals surface area contributed by atoms with Crippen LogP contribution in [-0.2, 0) is 32.2 Å². The third-order valence-corrected chi connectivity index (χ3v) is 6.03. The SMILES string of the molecule is CCOC(=O)CNC(=O)N(CCCOC)CC(=O)N(Cc1ccc2c(c1)OCO2)Cc1cccs1. The molecule has 2 aromatic rings. The average molecular weight is 506 g/mol. The van der Waals surface area contributed by atoms with Crippen molar-refractivity contribution in [2.45, 2.75) is 26.4 Å². The molecule has 1 N–H and O–H groups in total. The Labute approximate surface area is 208 Å². The van der Waals surface area contributed by atoms with Crippen LogP contribution in [0.4, 0.5) is 4.79 Å². The zero-order valence-electron chi connectivity index (χ0n) is 20.0. The number of benzene rings is 1. The van der Waals surface area contributed by atoms with Gasteiger partial charge in [0, 0.05) is 31.7 Å². The van der Waals surface area contributed by atoms with E-state index < -0.39 is 12.0 Å². The van der Waals surface area contributed by atoms with E-state index in [0.29, 0.717) is 44.2 Å². The van der Waals surface area contributed by atoms with Crippen LogP contribution < -0.4 is 14.8 Å². The molecule has 1 aliphatic rings. The number of carbonyl (C=O) groups excluding carboxylic acids is 3. The molecular formula is C24H31N3O7S. The summed E-state index contributed by atoms with van der Waals surface area (Å²) in [6, 6.07) is 8.97. The summed E-state index contributed by atoms with van der Waals surface area (Å²) < 4.78 is 20.8. The molecule has 0 atom stereocenters. The Balaban J connectivity index is 1.70. The Morgan fingerprint density at radius 1 is 1.11 bits per heavy atom. The van der Waals surface area contributed by atoms with Gasteiger partial charge < -0.3 is 34.1 Å². The number of rotatable bonds is 13. The molecule has 3 amide bonds. The van der Waals surface area contributed by atoms with E-state index in [-0.39, 0.29) is 32.4 Å². The second kappa shape index (κ2) is 13.5. The van der Waals surface area contributed by atoms with Gasteiger partial charge in [0.1, 0.15) is 13.1 Å². The number of nitrogens with one attached hydrogen (secondary N) is 1. The maximum absolute atomic E-state index is 13.4. The summed E-state index contributed by atoms with van der Waals surface area (Å²) in [4.78, 5) is 42.0. The highest BCUT2D eigenvalue weighted by Gasteiger charge is 2.23. The fourth-order valence-electron chi connectivity index (χ4n) is 3.47. The first-order chi connectivity index (χ1) is 17.0. The van der Waals surface area contributed by atoms with E-state index >= 15 is 0 Å². The van der Waals surface area contributed by atoms with Crippen molar-refractivity contribution in [2.75, 3.05) is 46.8 Å². The van der Waals surface area contributed by atoms with Crippen molar-refractivity contribution in [2.24, 2.45) is 0 Å². The van der Waals surface area contributed by atoms with Crippen LogP contribution in [-0.4, -0.2) is 74.5 Å². The van der Waals surface area contributed by atoms with Crippen LogP contribution in [0.25, 0.3) is 0 Å². The first-order valence-corrected chi connectivity index (χ1v) is 12.2. The number of nitrogens with zero attached hydrogens (tertiary/aromatic N) is 2. The molecule has 0 spiro atoms. The van der Waals surface area contributed by atoms with Crippen LogP contribution in [0.15, 0.2) is 35.7 Å². The normalized spacial score (nSPS) is 11.7. The Morgan fingerprint density at radius 2 is 1.94 bits per heavy atom. The third kappa shape index (κ3) is 8.15. The highest BCUT2D eigenvalue weighted by molar-refractivity contribution is 7.09. The fraction of sp³-hybridized carbons (Fsp3) is 0.458. The number of thiophene rings is 1. The van der Waals surface area contributed by atoms with E-state index in [2.05, 4.69) is 5.32 Å². The highest BCUT2D eigenvalue weighted by Crippen LogP contribution is 2.33. The van der Waals surface area contributed by atoms with E-state index in [4.69, 9.17) is 18.9 Å². The minimum Gasteiger partial charge on any atom is -0.465 e. The van der Waals surface area contributed by atoms with Crippen LogP contribution in [0, 0.1) is 0 Å². The molecule has 0 bridgehead atoms. The van der Waals surface area contributed by atoms with Crippen LogP contribution in [0.1, 0.15) is 23.8 Å². The number of hydrogen-bond acceptors (Lipinski definition) is 8. The molecule has 10 nitrogen and oxygen atoms in total. The van der Waals surface area contributed by atoms with Crippen LogP contribution in [0.5, 0.6) is 11.5 Å². The first kappa shape index (κ1) is 26.3. The predicted octanol–water partition coefficient (Wildman–Crippen LogP) is 2.62. The lowest BCUT2D eigenvalue weighted by molar-refractivity contribution is -0.141. The van der Waals surface area contributed by atoms with Gasteiger partial charge in [-0.1, -0.05) is 12.1 Å². The molecule has 11 heteroatoms. The minimum atomic E-state index is -0.536. The molecule has 3 rings (SSSR count). The summed E-state index contributed by atoms with van der Waals surface area (Å²) in [5.74, 6) is 0.559. The molecule has 35 heavy (non-hydrogen) atoms. The Kier molecular flexibility index (Phi) is 10.2. The minimum absolute atomic E-state index is 0.145. The van der Waals surface area contributed by atoms with Gasteiger partial charge >= 0.3 is 12.0 Å². The molecule has 0 saturated heterocycles. The smallest absolute Gasteiger partial charge is 0.325 e. The van der Waals surface area contributed by atoms with Gasteiger partial charge in [-0.25, -0.2) is 4.79 Å². The average Bonchev–Trinajstić information content (AvgIpc) is 3.53. The van der Waals surface area contributed by atoms with Gasteiger partial charge in [0.15, 0.2) is 11.5 Å². The second-order valence-corrected chi connectivity index (χ2v) is 8.78. The number of hydrogen-bond donors (Lipinski definition) is 1. The van der Waals surface area contributed by atoms with Crippen molar-refractivity contribution in [1.29, 1.82) is 0 Å². The molecular weight excluding hydrogens is 474 g/mol. The molecule has 0 radical (unpaired) electrons. The van der Waals surface area contributed by atoms with Gasteiger partial charge in [0.2, 0.25) is 12.7 Å². The summed E-state index contributed by atoms with van der Waals surface area (Å²) in [6.45, 7) is 3.15. The number of amides is 3. The molecule has 0 unspecified atom stereocenters. The lowest BCUT2D eigenvalue weighted by Crippen LogP contribution is -2.48. The third-order valence-electron chi connectivity index (χ3n) is 5.17. The van der Waals surface area contributed by atoms with Gasteiger partial charge in [-0.05, 0) is 42.5 Å². The van der Waals surface area contributed by atoms with E-state index in [0.717, 1.165) is 10.4 Å². The molecule has 0 saturated carbocycles. The number of urea groups is 1. The molecule has 0 aliphatic carbocycles. The lowest BCUT2D eigenvalue weighted by Gasteiger charge is -2.28. The van der Waals surface area contributed by atoms with Crippen LogP contribution >= 0.6 is 11.3 Å². The summed E-state index contributed by atoms with van der Waals surface area (Å²) >= 11 is 1.56. The molecule has 1 aromatic heterocycles. The second-order valence-electron chi connectivity index (χ2n) is 7.75. The zero-order valence-corrected chi connectivity index (χ0v) is 20.8. The predicted molar refractivity (Wildman–Crippen MR) is 129 cm³/mol. The Hall–Kier alpha value is -3.31. The van der Waals surface area contributed by atoms with Crippen molar-refractivity contribution >= 4 is 29.2 Å². The van der Waals surface area contributed by atoms with Gasteiger partial charge in [-0.3, -0.25) is 9.59 Å². The van der Waals surface area contributed by atoms with E-state index in [1.807, 2.05) is 35.7 Å². The molecule has 1 aromatic carbocycles. The topological polar surface area (TPSA) is 107 Å². The molecule has 2 heterocycles. The number of esters is 1. The van der Waals surface area contributed by atoms with Crippen LogP contribution in [0.2, 0.25) is 0 Å². The standard InChI is InChI=1S/C24H31N3O7S/c1-3-32-23(29)13-25-24(30)26(9-5-10-31-2)16-22(28)27(15-19-6-4-11-35-19)14-18-7-8-20-21(12-18)34-17-33-20/h4,6-8,11-12H,3,5,9-10,13-17H2,1-2H3,(H,25,30). The first-order valence-electron chi connectivity index (χ1n) is 11.4. The monoisotopic (exact) mass is 505 g/mol. The van der Waals surface area contributed by atoms with Crippen LogP contribution in [0.3, 0.4) is 0 Å². The van der Waals surface area contributed by atoms with E-state index in [1.165, 1.54) is 4.90 Å². The maximum atomic E-state index is 13.4. The van der Waals surface area contributed by atoms with Crippen molar-refractivity contribution in [3.63, 3.8) is 0 Å². The lowest BCUT2D eigenvalue weighted by atomic mass is 10.2. The van der Waals surface area contributed by atoms with Gasteiger partial charge in [-0.2, -0.15) is 0 Å². The molecule has 1 aliphatic heterocycles. The summed E-state index contributed by atoms with van der Waals surface area (Å²) in [6.07, 6.45) is 0.545. The Morgan fingerprint density at radius 3 is 2.69 bits per heavy atom. The van der Waals surface area contributed by atoms with Gasteiger partial charge in [0.25, 0.3) is 0 Å². The molecule has 0 fully saturated rings. The fourth-order valence-corrected chi connectivity index (χ4v) is 4.19. The quantitative estimate of drug-likeness (QED) is 0.329. The number of ether oxygens (including phenoxy) is 4.